The zero-order valence-corrected chi connectivity index (χ0v) is 6.65. The molecule has 0 radical (unpaired) electrons. The Morgan fingerprint density at radius 3 is 2.80 bits per heavy atom. The van der Waals surface area contributed by atoms with Crippen molar-refractivity contribution in [2.45, 2.75) is 5.88 Å². The van der Waals surface area contributed by atoms with Gasteiger partial charge in [-0.15, -0.1) is 11.6 Å². The van der Waals surface area contributed by atoms with Crippen molar-refractivity contribution >= 4 is 28.9 Å². The lowest BCUT2D eigenvalue weighted by Crippen LogP contribution is -1.92. The van der Waals surface area contributed by atoms with E-state index in [-0.39, 0.29) is 0 Å². The van der Waals surface area contributed by atoms with Crippen LogP contribution in [0.3, 0.4) is 0 Å². The number of hydrogen-bond acceptors (Lipinski definition) is 2. The topological polar surface area (TPSA) is 38.9 Å². The Kier molecular flexibility index (Phi) is 2.35. The Balaban J connectivity index is 3.07. The van der Waals surface area contributed by atoms with Crippen LogP contribution in [0.2, 0.25) is 5.15 Å². The monoisotopic (exact) mass is 176 g/mol. The van der Waals surface area contributed by atoms with Gasteiger partial charge in [0.15, 0.2) is 0 Å². The fourth-order valence-corrected chi connectivity index (χ4v) is 0.974. The van der Waals surface area contributed by atoms with Crippen molar-refractivity contribution in [3.8, 4) is 0 Å². The van der Waals surface area contributed by atoms with Gasteiger partial charge in [-0.05, 0) is 6.07 Å². The molecule has 10 heavy (non-hydrogen) atoms. The van der Waals surface area contributed by atoms with Crippen LogP contribution >= 0.6 is 23.2 Å². The third kappa shape index (κ3) is 1.52. The summed E-state index contributed by atoms with van der Waals surface area (Å²) in [5, 5.41) is 0.395. The summed E-state index contributed by atoms with van der Waals surface area (Å²) in [6.07, 6.45) is 1.57. The van der Waals surface area contributed by atoms with Gasteiger partial charge in [0.05, 0.1) is 5.88 Å². The zero-order valence-electron chi connectivity index (χ0n) is 5.14. The molecule has 0 atom stereocenters. The first-order chi connectivity index (χ1) is 4.74. The van der Waals surface area contributed by atoms with Gasteiger partial charge in [-0.1, -0.05) is 11.6 Å². The Morgan fingerprint density at radius 1 is 1.60 bits per heavy atom. The molecule has 0 aliphatic heterocycles. The number of alkyl halides is 1. The fourth-order valence-electron chi connectivity index (χ4n) is 0.584. The van der Waals surface area contributed by atoms with E-state index in [1.54, 1.807) is 12.3 Å². The van der Waals surface area contributed by atoms with Crippen molar-refractivity contribution in [2.24, 2.45) is 0 Å². The second-order valence-electron chi connectivity index (χ2n) is 1.84. The largest absolute Gasteiger partial charge is 0.398 e. The Hall–Kier alpha value is -0.470. The number of pyridine rings is 1. The maximum atomic E-state index is 5.54. The summed E-state index contributed by atoms with van der Waals surface area (Å²) >= 11 is 11.1. The number of aromatic nitrogens is 1. The van der Waals surface area contributed by atoms with Crippen molar-refractivity contribution in [1.29, 1.82) is 0 Å². The molecule has 0 fully saturated rings. The van der Waals surface area contributed by atoms with Crippen molar-refractivity contribution in [3.63, 3.8) is 0 Å². The minimum absolute atomic E-state index is 0.371. The van der Waals surface area contributed by atoms with Crippen LogP contribution in [-0.4, -0.2) is 4.98 Å². The van der Waals surface area contributed by atoms with E-state index in [0.717, 1.165) is 5.56 Å². The molecule has 0 amide bonds. The zero-order chi connectivity index (χ0) is 7.56. The normalized spacial score (nSPS) is 9.80. The van der Waals surface area contributed by atoms with Gasteiger partial charge >= 0.3 is 0 Å². The lowest BCUT2D eigenvalue weighted by molar-refractivity contribution is 1.25. The van der Waals surface area contributed by atoms with E-state index in [0.29, 0.717) is 16.7 Å². The second kappa shape index (κ2) is 3.08. The maximum Gasteiger partial charge on any atom is 0.131 e. The average Bonchev–Trinajstić information content (AvgIpc) is 1.88. The first kappa shape index (κ1) is 7.63. The van der Waals surface area contributed by atoms with E-state index in [2.05, 4.69) is 4.98 Å². The Bertz CT molecular complexity index is 237. The molecule has 0 bridgehead atoms. The average molecular weight is 177 g/mol. The van der Waals surface area contributed by atoms with E-state index in [1.165, 1.54) is 0 Å². The van der Waals surface area contributed by atoms with Crippen LogP contribution in [0.15, 0.2) is 12.3 Å². The van der Waals surface area contributed by atoms with Crippen molar-refractivity contribution in [1.82, 2.24) is 4.98 Å². The van der Waals surface area contributed by atoms with E-state index in [9.17, 15) is 0 Å². The van der Waals surface area contributed by atoms with Gasteiger partial charge in [0.1, 0.15) is 5.15 Å². The number of nitrogen functional groups attached to an aromatic ring is 1. The highest BCUT2D eigenvalue weighted by Gasteiger charge is 1.97. The first-order valence-corrected chi connectivity index (χ1v) is 3.61. The van der Waals surface area contributed by atoms with E-state index in [1.807, 2.05) is 0 Å². The molecule has 54 valence electrons. The van der Waals surface area contributed by atoms with Crippen LogP contribution in [-0.2, 0) is 5.88 Å². The van der Waals surface area contributed by atoms with Gasteiger partial charge in [-0.25, -0.2) is 4.98 Å². The second-order valence-corrected chi connectivity index (χ2v) is 2.49. The Labute approximate surface area is 69.0 Å². The summed E-state index contributed by atoms with van der Waals surface area (Å²) < 4.78 is 0. The molecule has 0 aliphatic rings. The predicted octanol–water partition coefficient (Wildman–Crippen LogP) is 2.06. The smallest absolute Gasteiger partial charge is 0.131 e. The standard InChI is InChI=1S/C6H6Cl2N2/c7-2-4-3-10-6(8)1-5(4)9/h1,3H,2H2,(H2,9,10). The van der Waals surface area contributed by atoms with Gasteiger partial charge in [0.25, 0.3) is 0 Å². The molecule has 0 unspecified atom stereocenters. The SMILES string of the molecule is Nc1cc(Cl)ncc1CCl. The van der Waals surface area contributed by atoms with E-state index < -0.39 is 0 Å². The van der Waals surface area contributed by atoms with Crippen LogP contribution < -0.4 is 5.73 Å². The highest BCUT2D eigenvalue weighted by Crippen LogP contribution is 2.16. The van der Waals surface area contributed by atoms with Crippen molar-refractivity contribution < 1.29 is 0 Å². The van der Waals surface area contributed by atoms with Crippen LogP contribution in [0.5, 0.6) is 0 Å². The number of nitrogens with zero attached hydrogens (tertiary/aromatic N) is 1. The predicted molar refractivity (Wildman–Crippen MR) is 43.2 cm³/mol. The molecule has 2 nitrogen and oxygen atoms in total. The molecule has 0 saturated heterocycles. The summed E-state index contributed by atoms with van der Waals surface area (Å²) in [4.78, 5) is 3.81. The van der Waals surface area contributed by atoms with Crippen molar-refractivity contribution in [3.05, 3.63) is 23.0 Å². The van der Waals surface area contributed by atoms with Gasteiger partial charge in [0.2, 0.25) is 0 Å². The highest BCUT2D eigenvalue weighted by molar-refractivity contribution is 6.29. The lowest BCUT2D eigenvalue weighted by atomic mass is 10.3. The van der Waals surface area contributed by atoms with Crippen LogP contribution in [0.4, 0.5) is 5.69 Å². The molecule has 4 heteroatoms. The molecular formula is C6H6Cl2N2. The van der Waals surface area contributed by atoms with Crippen LogP contribution in [0.1, 0.15) is 5.56 Å². The summed E-state index contributed by atoms with van der Waals surface area (Å²) in [5.41, 5.74) is 6.93. The third-order valence-electron chi connectivity index (χ3n) is 1.13. The van der Waals surface area contributed by atoms with Gasteiger partial charge in [0, 0.05) is 17.4 Å². The molecule has 1 heterocycles. The molecular weight excluding hydrogens is 171 g/mol. The minimum Gasteiger partial charge on any atom is -0.398 e. The van der Waals surface area contributed by atoms with Crippen LogP contribution in [0, 0.1) is 0 Å². The summed E-state index contributed by atoms with van der Waals surface area (Å²) in [5.74, 6) is 0.371. The molecule has 2 N–H and O–H groups in total. The third-order valence-corrected chi connectivity index (χ3v) is 1.63. The van der Waals surface area contributed by atoms with Crippen molar-refractivity contribution in [2.75, 3.05) is 5.73 Å². The molecule has 0 aromatic carbocycles. The van der Waals surface area contributed by atoms with E-state index >= 15 is 0 Å². The molecule has 1 aromatic heterocycles. The Morgan fingerprint density at radius 2 is 2.30 bits per heavy atom. The first-order valence-electron chi connectivity index (χ1n) is 2.70. The minimum atomic E-state index is 0.371. The lowest BCUT2D eigenvalue weighted by Gasteiger charge is -1.99. The molecule has 0 spiro atoms. The summed E-state index contributed by atoms with van der Waals surface area (Å²) in [7, 11) is 0. The number of rotatable bonds is 1. The van der Waals surface area contributed by atoms with Gasteiger partial charge in [-0.2, -0.15) is 0 Å². The molecule has 0 saturated carbocycles. The molecule has 1 rings (SSSR count). The summed E-state index contributed by atoms with van der Waals surface area (Å²) in [6.45, 7) is 0. The van der Waals surface area contributed by atoms with Gasteiger partial charge < -0.3 is 5.73 Å². The maximum absolute atomic E-state index is 5.54. The molecule has 1 aromatic rings. The van der Waals surface area contributed by atoms with Gasteiger partial charge in [-0.3, -0.25) is 0 Å². The number of anilines is 1. The quantitative estimate of drug-likeness (QED) is 0.526. The highest BCUT2D eigenvalue weighted by atomic mass is 35.5. The number of hydrogen-bond donors (Lipinski definition) is 1. The number of halogens is 2. The molecule has 0 aliphatic carbocycles. The number of nitrogens with two attached hydrogens (primary N) is 1. The van der Waals surface area contributed by atoms with Crippen LogP contribution in [0.25, 0.3) is 0 Å². The van der Waals surface area contributed by atoms with E-state index in [4.69, 9.17) is 28.9 Å². The fraction of sp³-hybridized carbons (Fsp3) is 0.167. The summed E-state index contributed by atoms with van der Waals surface area (Å²) in [6, 6.07) is 1.58.